The molecule has 5 nitrogen and oxygen atoms in total. The van der Waals surface area contributed by atoms with Gasteiger partial charge in [-0.15, -0.1) is 22.7 Å². The van der Waals surface area contributed by atoms with E-state index in [0.717, 1.165) is 20.0 Å². The van der Waals surface area contributed by atoms with E-state index in [1.165, 1.54) is 22.7 Å². The quantitative estimate of drug-likeness (QED) is 0.638. The Kier molecular flexibility index (Phi) is 5.02. The number of hydrogen-bond donors (Lipinski definition) is 3. The third kappa shape index (κ3) is 3.76. The van der Waals surface area contributed by atoms with Crippen molar-refractivity contribution in [3.05, 3.63) is 51.3 Å². The number of carbonyl (C=O) groups is 1. The maximum absolute atomic E-state index is 12.1. The van der Waals surface area contributed by atoms with Crippen molar-refractivity contribution in [2.24, 2.45) is 5.73 Å². The van der Waals surface area contributed by atoms with Crippen molar-refractivity contribution in [1.82, 2.24) is 10.3 Å². The minimum atomic E-state index is -0.724. The molecule has 2 aromatic heterocycles. The lowest BCUT2D eigenvalue weighted by Gasteiger charge is -2.09. The monoisotopic (exact) mass is 347 g/mol. The maximum Gasteiger partial charge on any atom is 0.270 e. The summed E-state index contributed by atoms with van der Waals surface area (Å²) in [4.78, 5) is 17.1. The van der Waals surface area contributed by atoms with Crippen LogP contribution in [0.25, 0.3) is 10.1 Å². The van der Waals surface area contributed by atoms with Gasteiger partial charge in [-0.2, -0.15) is 0 Å². The first-order valence-electron chi connectivity index (χ1n) is 7.26. The van der Waals surface area contributed by atoms with Crippen LogP contribution < -0.4 is 11.1 Å². The van der Waals surface area contributed by atoms with Crippen LogP contribution in [0.3, 0.4) is 0 Å². The van der Waals surface area contributed by atoms with Gasteiger partial charge in [-0.3, -0.25) is 4.79 Å². The van der Waals surface area contributed by atoms with Crippen molar-refractivity contribution < 1.29 is 9.90 Å². The van der Waals surface area contributed by atoms with E-state index < -0.39 is 6.10 Å². The van der Waals surface area contributed by atoms with Gasteiger partial charge < -0.3 is 16.2 Å². The Morgan fingerprint density at radius 2 is 2.22 bits per heavy atom. The molecule has 0 saturated heterocycles. The van der Waals surface area contributed by atoms with E-state index in [1.54, 1.807) is 5.38 Å². The van der Waals surface area contributed by atoms with E-state index >= 15 is 0 Å². The van der Waals surface area contributed by atoms with Crippen molar-refractivity contribution in [2.45, 2.75) is 12.5 Å². The van der Waals surface area contributed by atoms with Crippen LogP contribution in [0, 0.1) is 0 Å². The van der Waals surface area contributed by atoms with Gasteiger partial charge in [0, 0.05) is 27.9 Å². The molecule has 3 rings (SSSR count). The summed E-state index contributed by atoms with van der Waals surface area (Å²) in [6, 6.07) is 9.92. The molecule has 0 spiro atoms. The number of thiophene rings is 1. The lowest BCUT2D eigenvalue weighted by atomic mass is 10.2. The molecule has 3 aromatic rings. The second kappa shape index (κ2) is 7.18. The molecule has 4 N–H and O–H groups in total. The average Bonchev–Trinajstić information content (AvgIpc) is 3.19. The van der Waals surface area contributed by atoms with E-state index in [-0.39, 0.29) is 12.5 Å². The van der Waals surface area contributed by atoms with Gasteiger partial charge in [0.25, 0.3) is 5.91 Å². The zero-order valence-electron chi connectivity index (χ0n) is 12.4. The van der Waals surface area contributed by atoms with Crippen LogP contribution >= 0.6 is 22.7 Å². The lowest BCUT2D eigenvalue weighted by Crippen LogP contribution is -2.28. The van der Waals surface area contributed by atoms with Crippen molar-refractivity contribution >= 4 is 38.7 Å². The number of benzene rings is 1. The molecule has 0 aliphatic heterocycles. The van der Waals surface area contributed by atoms with Crippen LogP contribution in [0.5, 0.6) is 0 Å². The zero-order chi connectivity index (χ0) is 16.2. The topological polar surface area (TPSA) is 88.2 Å². The van der Waals surface area contributed by atoms with Crippen molar-refractivity contribution in [3.63, 3.8) is 0 Å². The summed E-state index contributed by atoms with van der Waals surface area (Å²) < 4.78 is 1.12. The summed E-state index contributed by atoms with van der Waals surface area (Å²) in [6.07, 6.45) is -0.0546. The van der Waals surface area contributed by atoms with Crippen LogP contribution in [0.2, 0.25) is 0 Å². The van der Waals surface area contributed by atoms with Gasteiger partial charge in [0.05, 0.1) is 5.01 Å². The number of aromatic nitrogens is 1. The first-order valence-corrected chi connectivity index (χ1v) is 8.96. The smallest absolute Gasteiger partial charge is 0.270 e. The predicted molar refractivity (Wildman–Crippen MR) is 94.0 cm³/mol. The number of rotatable bonds is 6. The van der Waals surface area contributed by atoms with Crippen LogP contribution in [-0.4, -0.2) is 29.1 Å². The maximum atomic E-state index is 12.1. The van der Waals surface area contributed by atoms with E-state index in [2.05, 4.69) is 10.3 Å². The number of nitrogens with two attached hydrogens (primary N) is 1. The van der Waals surface area contributed by atoms with Gasteiger partial charge in [-0.1, -0.05) is 18.2 Å². The molecule has 1 atom stereocenters. The molecule has 1 aromatic carbocycles. The molecular weight excluding hydrogens is 330 g/mol. The molecule has 1 unspecified atom stereocenters. The van der Waals surface area contributed by atoms with Crippen LogP contribution in [0.4, 0.5) is 0 Å². The van der Waals surface area contributed by atoms with Crippen molar-refractivity contribution in [3.8, 4) is 0 Å². The Balaban J connectivity index is 1.61. The molecule has 23 heavy (non-hydrogen) atoms. The van der Waals surface area contributed by atoms with E-state index in [0.29, 0.717) is 18.7 Å². The van der Waals surface area contributed by atoms with Crippen LogP contribution in [0.1, 0.15) is 26.5 Å². The summed E-state index contributed by atoms with van der Waals surface area (Å²) in [7, 11) is 0. The summed E-state index contributed by atoms with van der Waals surface area (Å²) in [5.74, 6) is -0.273. The van der Waals surface area contributed by atoms with Gasteiger partial charge in [0.1, 0.15) is 11.8 Å². The number of aliphatic hydroxyl groups excluding tert-OH is 1. The second-order valence-corrected chi connectivity index (χ2v) is 7.14. The van der Waals surface area contributed by atoms with Gasteiger partial charge in [-0.25, -0.2) is 4.98 Å². The number of nitrogens with one attached hydrogen (secondary N) is 1. The Morgan fingerprint density at radius 1 is 1.39 bits per heavy atom. The molecule has 0 radical (unpaired) electrons. The Hall–Kier alpha value is -1.80. The SMILES string of the molecule is NCCc1nc(C(=O)NCC(O)c2cc3ccccc3s2)cs1. The first kappa shape index (κ1) is 16.1. The minimum absolute atomic E-state index is 0.162. The highest BCUT2D eigenvalue weighted by Gasteiger charge is 2.15. The standard InChI is InChI=1S/C16H17N3O2S2/c17-6-5-15-19-11(9-22-15)16(21)18-8-12(20)14-7-10-3-1-2-4-13(10)23-14/h1-4,7,9,12,20H,5-6,8,17H2,(H,18,21). The molecule has 120 valence electrons. The average molecular weight is 347 g/mol. The number of amides is 1. The second-order valence-electron chi connectivity index (χ2n) is 5.08. The molecular formula is C16H17N3O2S2. The van der Waals surface area contributed by atoms with Gasteiger partial charge in [0.2, 0.25) is 0 Å². The summed E-state index contributed by atoms with van der Waals surface area (Å²) in [5, 5.41) is 16.7. The van der Waals surface area contributed by atoms with Gasteiger partial charge in [-0.05, 0) is 24.1 Å². The van der Waals surface area contributed by atoms with Crippen molar-refractivity contribution in [1.29, 1.82) is 0 Å². The first-order chi connectivity index (χ1) is 11.2. The van der Waals surface area contributed by atoms with Crippen LogP contribution in [0.15, 0.2) is 35.7 Å². The number of hydrogen-bond acceptors (Lipinski definition) is 6. The molecule has 0 aliphatic carbocycles. The highest BCUT2D eigenvalue weighted by Crippen LogP contribution is 2.29. The molecule has 7 heteroatoms. The summed E-state index contributed by atoms with van der Waals surface area (Å²) >= 11 is 2.96. The molecule has 2 heterocycles. The largest absolute Gasteiger partial charge is 0.386 e. The minimum Gasteiger partial charge on any atom is -0.386 e. The fourth-order valence-electron chi connectivity index (χ4n) is 2.20. The van der Waals surface area contributed by atoms with E-state index in [9.17, 15) is 9.90 Å². The highest BCUT2D eigenvalue weighted by atomic mass is 32.1. The lowest BCUT2D eigenvalue weighted by molar-refractivity contribution is 0.0913. The van der Waals surface area contributed by atoms with Crippen molar-refractivity contribution in [2.75, 3.05) is 13.1 Å². The normalized spacial score (nSPS) is 12.4. The van der Waals surface area contributed by atoms with E-state index in [1.807, 2.05) is 30.3 Å². The molecule has 0 fully saturated rings. The third-order valence-corrected chi connectivity index (χ3v) is 5.50. The number of thiazole rings is 1. The van der Waals surface area contributed by atoms with E-state index in [4.69, 9.17) is 5.73 Å². The fourth-order valence-corrected chi connectivity index (χ4v) is 4.05. The number of aliphatic hydroxyl groups is 1. The summed E-state index contributed by atoms with van der Waals surface area (Å²) in [5.41, 5.74) is 5.85. The summed E-state index contributed by atoms with van der Waals surface area (Å²) in [6.45, 7) is 0.675. The fraction of sp³-hybridized carbons (Fsp3) is 0.250. The predicted octanol–water partition coefficient (Wildman–Crippen LogP) is 2.32. The van der Waals surface area contributed by atoms with Crippen LogP contribution in [-0.2, 0) is 6.42 Å². The number of carbonyl (C=O) groups excluding carboxylic acids is 1. The molecule has 0 aliphatic rings. The van der Waals surface area contributed by atoms with Gasteiger partial charge >= 0.3 is 0 Å². The number of nitrogens with zero attached hydrogens (tertiary/aromatic N) is 1. The molecule has 0 bridgehead atoms. The zero-order valence-corrected chi connectivity index (χ0v) is 14.0. The number of fused-ring (bicyclic) bond motifs is 1. The molecule has 0 saturated carbocycles. The third-order valence-electron chi connectivity index (χ3n) is 3.37. The Bertz CT molecular complexity index is 779. The Labute approximate surface area is 141 Å². The molecule has 1 amide bonds. The Morgan fingerprint density at radius 3 is 3.00 bits per heavy atom. The van der Waals surface area contributed by atoms with Gasteiger partial charge in [0.15, 0.2) is 0 Å². The highest BCUT2D eigenvalue weighted by molar-refractivity contribution is 7.19.